The van der Waals surface area contributed by atoms with E-state index in [1.807, 2.05) is 27.7 Å². The van der Waals surface area contributed by atoms with Crippen molar-refractivity contribution in [2.45, 2.75) is 64.3 Å². The minimum atomic E-state index is -0.493. The van der Waals surface area contributed by atoms with Crippen LogP contribution in [0.4, 0.5) is 0 Å². The molecule has 0 aromatic rings. The van der Waals surface area contributed by atoms with Crippen LogP contribution in [0.5, 0.6) is 0 Å². The highest BCUT2D eigenvalue weighted by atomic mass is 16.5. The number of aliphatic hydroxyl groups excluding tert-OH is 2. The maximum absolute atomic E-state index is 10.1. The van der Waals surface area contributed by atoms with Crippen LogP contribution in [0, 0.1) is 0 Å². The van der Waals surface area contributed by atoms with Gasteiger partial charge in [0.15, 0.2) is 0 Å². The highest BCUT2D eigenvalue weighted by molar-refractivity contribution is 4.82. The summed E-state index contributed by atoms with van der Waals surface area (Å²) in [5.41, 5.74) is -0.807. The molecule has 0 fully saturated rings. The molecule has 0 amide bonds. The molecule has 4 nitrogen and oxygen atoms in total. The summed E-state index contributed by atoms with van der Waals surface area (Å²) in [6.45, 7) is 8.48. The average Bonchev–Trinajstić information content (AvgIpc) is 2.16. The summed E-state index contributed by atoms with van der Waals surface area (Å²) in [4.78, 5) is 0. The SMILES string of the molecule is CCOC(C)(C)CC(O)CC(C)(CCO)OC. The summed E-state index contributed by atoms with van der Waals surface area (Å²) in [6.07, 6.45) is 1.09. The van der Waals surface area contributed by atoms with E-state index in [2.05, 4.69) is 0 Å². The molecule has 0 spiro atoms. The third-order valence-corrected chi connectivity index (χ3v) is 3.06. The first-order valence-electron chi connectivity index (χ1n) is 6.26. The van der Waals surface area contributed by atoms with E-state index in [1.165, 1.54) is 0 Å². The molecule has 0 rings (SSSR count). The predicted octanol–water partition coefficient (Wildman–Crippen LogP) is 1.73. The van der Waals surface area contributed by atoms with E-state index < -0.39 is 11.7 Å². The Morgan fingerprint density at radius 3 is 2.18 bits per heavy atom. The second-order valence-electron chi connectivity index (χ2n) is 5.38. The molecule has 104 valence electrons. The zero-order valence-electron chi connectivity index (χ0n) is 11.8. The Balaban J connectivity index is 4.28. The van der Waals surface area contributed by atoms with Crippen LogP contribution < -0.4 is 0 Å². The van der Waals surface area contributed by atoms with Gasteiger partial charge in [-0.1, -0.05) is 0 Å². The molecule has 0 saturated heterocycles. The standard InChI is InChI=1S/C13H28O4/c1-6-17-12(2,3)9-11(15)10-13(4,16-5)7-8-14/h11,14-15H,6-10H2,1-5H3. The van der Waals surface area contributed by atoms with Crippen molar-refractivity contribution in [3.05, 3.63) is 0 Å². The van der Waals surface area contributed by atoms with E-state index in [1.54, 1.807) is 7.11 Å². The topological polar surface area (TPSA) is 58.9 Å². The van der Waals surface area contributed by atoms with Gasteiger partial charge in [-0.2, -0.15) is 0 Å². The molecule has 0 aromatic heterocycles. The molecule has 2 unspecified atom stereocenters. The fourth-order valence-electron chi connectivity index (χ4n) is 2.11. The summed E-state index contributed by atoms with van der Waals surface area (Å²) in [6, 6.07) is 0. The van der Waals surface area contributed by atoms with Crippen molar-refractivity contribution in [2.75, 3.05) is 20.3 Å². The second kappa shape index (κ2) is 7.31. The van der Waals surface area contributed by atoms with Gasteiger partial charge in [0.05, 0.1) is 17.3 Å². The number of rotatable bonds is 9. The Labute approximate surface area is 105 Å². The molecule has 2 atom stereocenters. The summed E-state index contributed by atoms with van der Waals surface area (Å²) in [7, 11) is 1.61. The smallest absolute Gasteiger partial charge is 0.0697 e. The lowest BCUT2D eigenvalue weighted by Gasteiger charge is -2.33. The molecule has 0 saturated carbocycles. The first-order valence-corrected chi connectivity index (χ1v) is 6.26. The van der Waals surface area contributed by atoms with Gasteiger partial charge in [0.25, 0.3) is 0 Å². The van der Waals surface area contributed by atoms with Gasteiger partial charge in [-0.15, -0.1) is 0 Å². The Morgan fingerprint density at radius 2 is 1.76 bits per heavy atom. The molecule has 0 aliphatic rings. The molecule has 17 heavy (non-hydrogen) atoms. The van der Waals surface area contributed by atoms with Crippen molar-refractivity contribution in [1.82, 2.24) is 0 Å². The molecule has 2 N–H and O–H groups in total. The van der Waals surface area contributed by atoms with E-state index >= 15 is 0 Å². The van der Waals surface area contributed by atoms with Crippen LogP contribution >= 0.6 is 0 Å². The van der Waals surface area contributed by atoms with Crippen LogP contribution in [0.25, 0.3) is 0 Å². The molecule has 4 heteroatoms. The minimum Gasteiger partial charge on any atom is -0.396 e. The van der Waals surface area contributed by atoms with Crippen LogP contribution in [0.2, 0.25) is 0 Å². The molecule has 0 bridgehead atoms. The molecule has 0 radical (unpaired) electrons. The van der Waals surface area contributed by atoms with Gasteiger partial charge in [-0.05, 0) is 34.1 Å². The van der Waals surface area contributed by atoms with Gasteiger partial charge < -0.3 is 19.7 Å². The molecule has 0 aliphatic heterocycles. The zero-order valence-corrected chi connectivity index (χ0v) is 11.8. The summed E-state index contributed by atoms with van der Waals surface area (Å²) < 4.78 is 10.9. The van der Waals surface area contributed by atoms with Gasteiger partial charge in [0.2, 0.25) is 0 Å². The van der Waals surface area contributed by atoms with Crippen molar-refractivity contribution in [3.8, 4) is 0 Å². The fraction of sp³-hybridized carbons (Fsp3) is 1.00. The first-order chi connectivity index (χ1) is 7.78. The van der Waals surface area contributed by atoms with Gasteiger partial charge in [-0.25, -0.2) is 0 Å². The largest absolute Gasteiger partial charge is 0.396 e. The maximum atomic E-state index is 10.1. The Kier molecular flexibility index (Phi) is 7.24. The van der Waals surface area contributed by atoms with Crippen molar-refractivity contribution >= 4 is 0 Å². The molecule has 0 heterocycles. The lowest BCUT2D eigenvalue weighted by atomic mass is 9.89. The number of ether oxygens (including phenoxy) is 2. The lowest BCUT2D eigenvalue weighted by molar-refractivity contribution is -0.0793. The lowest BCUT2D eigenvalue weighted by Crippen LogP contribution is -2.37. The summed E-state index contributed by atoms with van der Waals surface area (Å²) in [5, 5.41) is 19.0. The highest BCUT2D eigenvalue weighted by Gasteiger charge is 2.30. The van der Waals surface area contributed by atoms with Gasteiger partial charge in [0.1, 0.15) is 0 Å². The van der Waals surface area contributed by atoms with Crippen LogP contribution in [0.15, 0.2) is 0 Å². The number of hydrogen-bond donors (Lipinski definition) is 2. The van der Waals surface area contributed by atoms with Gasteiger partial charge in [0, 0.05) is 33.2 Å². The molecule has 0 aliphatic carbocycles. The first kappa shape index (κ1) is 16.8. The van der Waals surface area contributed by atoms with E-state index in [0.29, 0.717) is 25.9 Å². The number of methoxy groups -OCH3 is 1. The predicted molar refractivity (Wildman–Crippen MR) is 68.1 cm³/mol. The van der Waals surface area contributed by atoms with Crippen LogP contribution in [0.3, 0.4) is 0 Å². The second-order valence-corrected chi connectivity index (χ2v) is 5.38. The van der Waals surface area contributed by atoms with Crippen molar-refractivity contribution < 1.29 is 19.7 Å². The molecular formula is C13H28O4. The Bertz CT molecular complexity index is 206. The number of aliphatic hydroxyl groups is 2. The number of hydrogen-bond acceptors (Lipinski definition) is 4. The monoisotopic (exact) mass is 248 g/mol. The summed E-state index contributed by atoms with van der Waals surface area (Å²) >= 11 is 0. The van der Waals surface area contributed by atoms with Crippen LogP contribution in [0.1, 0.15) is 47.0 Å². The van der Waals surface area contributed by atoms with E-state index in [-0.39, 0.29) is 12.2 Å². The Morgan fingerprint density at radius 1 is 1.18 bits per heavy atom. The van der Waals surface area contributed by atoms with E-state index in [0.717, 1.165) is 0 Å². The normalized spacial score (nSPS) is 17.8. The average molecular weight is 248 g/mol. The van der Waals surface area contributed by atoms with Crippen molar-refractivity contribution in [2.24, 2.45) is 0 Å². The summed E-state index contributed by atoms with van der Waals surface area (Å²) in [5.74, 6) is 0. The third kappa shape index (κ3) is 6.99. The fourth-order valence-corrected chi connectivity index (χ4v) is 2.11. The Hall–Kier alpha value is -0.160. The van der Waals surface area contributed by atoms with Crippen LogP contribution in [-0.2, 0) is 9.47 Å². The highest BCUT2D eigenvalue weighted by Crippen LogP contribution is 2.26. The molecular weight excluding hydrogens is 220 g/mol. The van der Waals surface area contributed by atoms with E-state index in [9.17, 15) is 5.11 Å². The third-order valence-electron chi connectivity index (χ3n) is 3.06. The van der Waals surface area contributed by atoms with Gasteiger partial charge >= 0.3 is 0 Å². The van der Waals surface area contributed by atoms with Crippen molar-refractivity contribution in [3.63, 3.8) is 0 Å². The van der Waals surface area contributed by atoms with Gasteiger partial charge in [-0.3, -0.25) is 0 Å². The zero-order chi connectivity index (χ0) is 13.5. The van der Waals surface area contributed by atoms with Crippen LogP contribution in [-0.4, -0.2) is 47.8 Å². The van der Waals surface area contributed by atoms with Crippen molar-refractivity contribution in [1.29, 1.82) is 0 Å². The quantitative estimate of drug-likeness (QED) is 0.652. The minimum absolute atomic E-state index is 0.0614. The van der Waals surface area contributed by atoms with E-state index in [4.69, 9.17) is 14.6 Å². The molecule has 0 aromatic carbocycles. The maximum Gasteiger partial charge on any atom is 0.0697 e.